The van der Waals surface area contributed by atoms with E-state index in [2.05, 4.69) is 54.0 Å². The molecule has 1 aromatic carbocycles. The van der Waals surface area contributed by atoms with Crippen LogP contribution in [-0.2, 0) is 22.6 Å². The van der Waals surface area contributed by atoms with Gasteiger partial charge >= 0.3 is 0 Å². The Morgan fingerprint density at radius 2 is 2.11 bits per heavy atom. The molecule has 19 heavy (non-hydrogen) atoms. The molecule has 0 bridgehead atoms. The number of rotatable bonds is 3. The van der Waals surface area contributed by atoms with Crippen LogP contribution in [0.25, 0.3) is 0 Å². The van der Waals surface area contributed by atoms with Crippen molar-refractivity contribution in [1.82, 2.24) is 9.78 Å². The minimum atomic E-state index is -0.225. The molecule has 0 radical (unpaired) electrons. The third kappa shape index (κ3) is 2.69. The van der Waals surface area contributed by atoms with E-state index in [0.717, 1.165) is 23.9 Å². The second kappa shape index (κ2) is 5.02. The molecule has 1 aromatic heterocycles. The van der Waals surface area contributed by atoms with E-state index < -0.39 is 0 Å². The molecule has 0 saturated heterocycles. The maximum atomic E-state index is 5.80. The highest BCUT2D eigenvalue weighted by Gasteiger charge is 2.30. The molecule has 0 amide bonds. The van der Waals surface area contributed by atoms with E-state index in [4.69, 9.17) is 4.74 Å². The minimum Gasteiger partial charge on any atom is -0.367 e. The summed E-state index contributed by atoms with van der Waals surface area (Å²) >= 11 is 1.78. The van der Waals surface area contributed by atoms with Gasteiger partial charge in [0.1, 0.15) is 10.6 Å². The van der Waals surface area contributed by atoms with Crippen molar-refractivity contribution in [3.8, 4) is 0 Å². The van der Waals surface area contributed by atoms with Crippen molar-refractivity contribution >= 4 is 11.8 Å². The average molecular weight is 274 g/mol. The van der Waals surface area contributed by atoms with Crippen LogP contribution in [0.15, 0.2) is 41.4 Å². The fraction of sp³-hybridized carbons (Fsp3) is 0.400. The fourth-order valence-corrected chi connectivity index (χ4v) is 3.17. The van der Waals surface area contributed by atoms with Gasteiger partial charge in [-0.05, 0) is 25.5 Å². The zero-order valence-corrected chi connectivity index (χ0v) is 12.1. The highest BCUT2D eigenvalue weighted by molar-refractivity contribution is 7.98. The van der Waals surface area contributed by atoms with E-state index in [1.807, 2.05) is 6.07 Å². The maximum absolute atomic E-state index is 5.80. The van der Waals surface area contributed by atoms with E-state index in [0.29, 0.717) is 0 Å². The van der Waals surface area contributed by atoms with Gasteiger partial charge in [-0.2, -0.15) is 5.10 Å². The van der Waals surface area contributed by atoms with Gasteiger partial charge in [0.05, 0.1) is 18.8 Å². The van der Waals surface area contributed by atoms with E-state index in [1.165, 1.54) is 11.3 Å². The minimum absolute atomic E-state index is 0.225. The molecule has 4 heteroatoms. The van der Waals surface area contributed by atoms with Gasteiger partial charge < -0.3 is 4.74 Å². The van der Waals surface area contributed by atoms with Crippen LogP contribution in [0, 0.1) is 0 Å². The predicted molar refractivity (Wildman–Crippen MR) is 77.2 cm³/mol. The quantitative estimate of drug-likeness (QED) is 0.802. The highest BCUT2D eigenvalue weighted by atomic mass is 32.2. The lowest BCUT2D eigenvalue weighted by molar-refractivity contribution is -0.0532. The third-order valence-electron chi connectivity index (χ3n) is 3.37. The molecule has 2 aromatic rings. The van der Waals surface area contributed by atoms with Crippen molar-refractivity contribution in [2.75, 3.05) is 6.61 Å². The van der Waals surface area contributed by atoms with Crippen LogP contribution < -0.4 is 0 Å². The normalized spacial score (nSPS) is 17.2. The molecule has 0 N–H and O–H groups in total. The summed E-state index contributed by atoms with van der Waals surface area (Å²) in [4.78, 5) is 0. The van der Waals surface area contributed by atoms with Crippen LogP contribution in [0.3, 0.4) is 0 Å². The monoisotopic (exact) mass is 274 g/mol. The lowest BCUT2D eigenvalue weighted by Gasteiger charge is -2.30. The lowest BCUT2D eigenvalue weighted by atomic mass is 10.0. The molecule has 0 fully saturated rings. The molecular weight excluding hydrogens is 256 g/mol. The Hall–Kier alpha value is -1.26. The Labute approximate surface area is 118 Å². The van der Waals surface area contributed by atoms with Crippen LogP contribution in [-0.4, -0.2) is 16.4 Å². The number of nitrogens with zero attached hydrogens (tertiary/aromatic N) is 2. The molecule has 0 saturated carbocycles. The maximum Gasteiger partial charge on any atom is 0.119 e. The van der Waals surface area contributed by atoms with Crippen LogP contribution in [0.2, 0.25) is 0 Å². The number of thioether (sulfide) groups is 1. The van der Waals surface area contributed by atoms with Gasteiger partial charge in [0.15, 0.2) is 0 Å². The van der Waals surface area contributed by atoms with Gasteiger partial charge in [-0.1, -0.05) is 42.1 Å². The Morgan fingerprint density at radius 3 is 2.84 bits per heavy atom. The SMILES string of the molecule is CC1(C)OCCn2nc(SCc3ccccc3)cc21. The average Bonchev–Trinajstić information content (AvgIpc) is 2.82. The largest absolute Gasteiger partial charge is 0.367 e. The van der Waals surface area contributed by atoms with Crippen molar-refractivity contribution in [3.63, 3.8) is 0 Å². The summed E-state index contributed by atoms with van der Waals surface area (Å²) in [6.07, 6.45) is 0. The third-order valence-corrected chi connectivity index (χ3v) is 4.34. The number of benzene rings is 1. The van der Waals surface area contributed by atoms with Crippen molar-refractivity contribution in [2.45, 2.75) is 36.8 Å². The zero-order valence-electron chi connectivity index (χ0n) is 11.3. The smallest absolute Gasteiger partial charge is 0.119 e. The molecular formula is C15H18N2OS. The summed E-state index contributed by atoms with van der Waals surface area (Å²) in [6, 6.07) is 12.7. The standard InChI is InChI=1S/C15H18N2OS/c1-15(2)13-10-14(16-17(13)8-9-18-15)19-11-12-6-4-3-5-7-12/h3-7,10H,8-9,11H2,1-2H3. The van der Waals surface area contributed by atoms with E-state index in [-0.39, 0.29) is 5.60 Å². The molecule has 0 spiro atoms. The molecule has 1 aliphatic rings. The van der Waals surface area contributed by atoms with Crippen molar-refractivity contribution in [3.05, 3.63) is 47.7 Å². The Morgan fingerprint density at radius 1 is 1.32 bits per heavy atom. The fourth-order valence-electron chi connectivity index (χ4n) is 2.31. The molecule has 1 aliphatic heterocycles. The zero-order chi connectivity index (χ0) is 13.3. The Balaban J connectivity index is 1.75. The van der Waals surface area contributed by atoms with Gasteiger partial charge in [0.2, 0.25) is 0 Å². The Bertz CT molecular complexity index is 563. The first-order chi connectivity index (χ1) is 9.15. The number of hydrogen-bond donors (Lipinski definition) is 0. The molecule has 3 nitrogen and oxygen atoms in total. The molecule has 100 valence electrons. The summed E-state index contributed by atoms with van der Waals surface area (Å²) < 4.78 is 7.88. The number of aromatic nitrogens is 2. The Kier molecular flexibility index (Phi) is 3.37. The topological polar surface area (TPSA) is 27.1 Å². The number of fused-ring (bicyclic) bond motifs is 1. The van der Waals surface area contributed by atoms with Crippen molar-refractivity contribution in [2.24, 2.45) is 0 Å². The van der Waals surface area contributed by atoms with Crippen LogP contribution in [0.1, 0.15) is 25.1 Å². The summed E-state index contributed by atoms with van der Waals surface area (Å²) in [6.45, 7) is 5.80. The van der Waals surface area contributed by atoms with E-state index in [9.17, 15) is 0 Å². The van der Waals surface area contributed by atoms with Gasteiger partial charge in [-0.3, -0.25) is 4.68 Å². The second-order valence-electron chi connectivity index (χ2n) is 5.22. The summed E-state index contributed by atoms with van der Waals surface area (Å²) in [5.74, 6) is 0.957. The van der Waals surface area contributed by atoms with Gasteiger partial charge in [-0.25, -0.2) is 0 Å². The molecule has 0 unspecified atom stereocenters. The number of hydrogen-bond acceptors (Lipinski definition) is 3. The number of ether oxygens (including phenoxy) is 1. The second-order valence-corrected chi connectivity index (χ2v) is 6.22. The first-order valence-electron chi connectivity index (χ1n) is 6.54. The lowest BCUT2D eigenvalue weighted by Crippen LogP contribution is -2.33. The van der Waals surface area contributed by atoms with Crippen LogP contribution in [0.4, 0.5) is 0 Å². The molecule has 3 rings (SSSR count). The van der Waals surface area contributed by atoms with Gasteiger partial charge in [0, 0.05) is 5.75 Å². The van der Waals surface area contributed by atoms with Crippen LogP contribution in [0.5, 0.6) is 0 Å². The van der Waals surface area contributed by atoms with Gasteiger partial charge in [-0.15, -0.1) is 0 Å². The molecule has 0 atom stereocenters. The predicted octanol–water partition coefficient (Wildman–Crippen LogP) is 3.44. The molecule has 2 heterocycles. The summed E-state index contributed by atoms with van der Waals surface area (Å²) in [7, 11) is 0. The van der Waals surface area contributed by atoms with E-state index in [1.54, 1.807) is 11.8 Å². The summed E-state index contributed by atoms with van der Waals surface area (Å²) in [5, 5.41) is 5.74. The first-order valence-corrected chi connectivity index (χ1v) is 7.53. The summed E-state index contributed by atoms with van der Waals surface area (Å²) in [5.41, 5.74) is 2.28. The van der Waals surface area contributed by atoms with Gasteiger partial charge in [0.25, 0.3) is 0 Å². The highest BCUT2D eigenvalue weighted by Crippen LogP contribution is 2.32. The van der Waals surface area contributed by atoms with Crippen molar-refractivity contribution in [1.29, 1.82) is 0 Å². The van der Waals surface area contributed by atoms with E-state index >= 15 is 0 Å². The molecule has 0 aliphatic carbocycles. The first kappa shape index (κ1) is 12.8. The van der Waals surface area contributed by atoms with Crippen molar-refractivity contribution < 1.29 is 4.74 Å². The van der Waals surface area contributed by atoms with Crippen LogP contribution >= 0.6 is 11.8 Å².